The highest BCUT2D eigenvalue weighted by atomic mass is 35.6. The number of fused-ring (bicyclic) bond motifs is 2. The van der Waals surface area contributed by atoms with E-state index in [9.17, 15) is 9.90 Å². The maximum Gasteiger partial charge on any atom is 0.276 e. The van der Waals surface area contributed by atoms with Crippen LogP contribution in [0, 0.1) is 16.7 Å². The molecule has 0 aromatic heterocycles. The number of hydrogen-bond donors (Lipinski definition) is 2. The lowest BCUT2D eigenvalue weighted by Gasteiger charge is -2.43. The van der Waals surface area contributed by atoms with Crippen molar-refractivity contribution >= 4 is 46.4 Å². The topological polar surface area (TPSA) is 71.0 Å². The van der Waals surface area contributed by atoms with Crippen LogP contribution in [0.15, 0.2) is 48.5 Å². The zero-order chi connectivity index (χ0) is 28.9. The van der Waals surface area contributed by atoms with E-state index in [2.05, 4.69) is 37.9 Å². The molecule has 0 spiro atoms. The minimum absolute atomic E-state index is 0.00233. The van der Waals surface area contributed by atoms with Crippen LogP contribution in [-0.4, -0.2) is 44.9 Å². The van der Waals surface area contributed by atoms with Crippen LogP contribution >= 0.6 is 34.8 Å². The fourth-order valence-electron chi connectivity index (χ4n) is 7.27. The number of likely N-dealkylation sites (tertiary alicyclic amines) is 1. The van der Waals surface area contributed by atoms with Crippen LogP contribution in [0.4, 0.5) is 5.69 Å². The number of rotatable bonds is 6. The summed E-state index contributed by atoms with van der Waals surface area (Å²) in [4.78, 5) is 14.7. The number of ether oxygens (including phenoxy) is 2. The number of anilines is 1. The quantitative estimate of drug-likeness (QED) is 0.340. The molecule has 2 aromatic rings. The molecule has 2 N–H and O–H groups in total. The molecule has 40 heavy (non-hydrogen) atoms. The van der Waals surface area contributed by atoms with Crippen molar-refractivity contribution in [3.63, 3.8) is 0 Å². The number of amides is 1. The molecule has 6 unspecified atom stereocenters. The molecule has 2 heterocycles. The Morgan fingerprint density at radius 2 is 1.68 bits per heavy atom. The predicted octanol–water partition coefficient (Wildman–Crippen LogP) is 7.18. The summed E-state index contributed by atoms with van der Waals surface area (Å²) in [6.45, 7) is 11.4. The van der Waals surface area contributed by atoms with Gasteiger partial charge >= 0.3 is 0 Å². The lowest BCUT2D eigenvalue weighted by molar-refractivity contribution is -0.276. The molecule has 5 rings (SSSR count). The van der Waals surface area contributed by atoms with Gasteiger partial charge in [0.2, 0.25) is 0 Å². The van der Waals surface area contributed by atoms with Gasteiger partial charge in [-0.3, -0.25) is 9.69 Å². The molecule has 1 amide bonds. The molecule has 3 fully saturated rings. The molecule has 218 valence electrons. The Morgan fingerprint density at radius 3 is 2.30 bits per heavy atom. The van der Waals surface area contributed by atoms with Crippen molar-refractivity contribution in [3.8, 4) is 0 Å². The van der Waals surface area contributed by atoms with E-state index >= 15 is 0 Å². The molecule has 6 atom stereocenters. The van der Waals surface area contributed by atoms with Crippen molar-refractivity contribution in [2.75, 3.05) is 18.4 Å². The molecule has 2 bridgehead atoms. The summed E-state index contributed by atoms with van der Waals surface area (Å²) in [6.07, 6.45) is 2.88. The molecular formula is C31H39Cl3N2O4. The zero-order valence-electron chi connectivity index (χ0n) is 23.5. The van der Waals surface area contributed by atoms with E-state index in [4.69, 9.17) is 44.3 Å². The summed E-state index contributed by atoms with van der Waals surface area (Å²) in [5.41, 5.74) is 3.96. The first kappa shape index (κ1) is 30.1. The number of benzene rings is 2. The van der Waals surface area contributed by atoms with Crippen LogP contribution in [0.2, 0.25) is 0 Å². The number of aliphatic hydroxyl groups is 1. The van der Waals surface area contributed by atoms with Crippen molar-refractivity contribution < 1.29 is 19.4 Å². The molecule has 2 aromatic carbocycles. The summed E-state index contributed by atoms with van der Waals surface area (Å²) in [6, 6.07) is 15.8. The van der Waals surface area contributed by atoms with Gasteiger partial charge < -0.3 is 19.9 Å². The molecule has 0 radical (unpaired) electrons. The van der Waals surface area contributed by atoms with Crippen molar-refractivity contribution in [1.29, 1.82) is 0 Å². The van der Waals surface area contributed by atoms with Gasteiger partial charge in [-0.2, -0.15) is 0 Å². The molecule has 3 aliphatic rings. The van der Waals surface area contributed by atoms with Crippen molar-refractivity contribution in [3.05, 3.63) is 65.2 Å². The fourth-order valence-corrected chi connectivity index (χ4v) is 7.42. The number of nitrogens with zero attached hydrogens (tertiary/aromatic N) is 1. The largest absolute Gasteiger partial charge is 0.392 e. The summed E-state index contributed by atoms with van der Waals surface area (Å²) in [5, 5.41) is 12.1. The standard InChI is InChI=1S/C31H39Cl3N2O4/c1-19-25(15-36-18-30(4)14-24(36)13-29(2,3)17-30)39-27(40-26(19)21-7-5-20(16-37)6-8-21)22-9-11-23(12-10-22)35-28(38)31(32,33)34/h5-12,19,24-27,37H,13-18H2,1-4H3,(H,35,38). The summed E-state index contributed by atoms with van der Waals surface area (Å²) in [5.74, 6) is -0.608. The Balaban J connectivity index is 1.38. The molecule has 6 nitrogen and oxygen atoms in total. The summed E-state index contributed by atoms with van der Waals surface area (Å²) >= 11 is 17.1. The maximum absolute atomic E-state index is 12.1. The first-order chi connectivity index (χ1) is 18.7. The van der Waals surface area contributed by atoms with Gasteiger partial charge in [0.1, 0.15) is 0 Å². The molecule has 9 heteroatoms. The summed E-state index contributed by atoms with van der Waals surface area (Å²) < 4.78 is 11.3. The minimum Gasteiger partial charge on any atom is -0.392 e. The molecular weight excluding hydrogens is 571 g/mol. The number of carbonyl (C=O) groups excluding carboxylic acids is 1. The maximum atomic E-state index is 12.1. The van der Waals surface area contributed by atoms with Gasteiger partial charge in [0.25, 0.3) is 9.70 Å². The van der Waals surface area contributed by atoms with Gasteiger partial charge in [-0.25, -0.2) is 0 Å². The van der Waals surface area contributed by atoms with E-state index in [1.807, 2.05) is 36.4 Å². The van der Waals surface area contributed by atoms with E-state index < -0.39 is 16.0 Å². The smallest absolute Gasteiger partial charge is 0.276 e. The highest BCUT2D eigenvalue weighted by Crippen LogP contribution is 2.53. The van der Waals surface area contributed by atoms with Gasteiger partial charge in [-0.15, -0.1) is 0 Å². The molecule has 1 aliphatic carbocycles. The fraction of sp³-hybridized carbons (Fsp3) is 0.581. The Morgan fingerprint density at radius 1 is 1.02 bits per heavy atom. The average Bonchev–Trinajstić information content (AvgIpc) is 3.12. The number of nitrogens with one attached hydrogen (secondary N) is 1. The van der Waals surface area contributed by atoms with Crippen LogP contribution in [0.3, 0.4) is 0 Å². The van der Waals surface area contributed by atoms with Gasteiger partial charge in [-0.1, -0.05) is 98.9 Å². The minimum atomic E-state index is -2.05. The van der Waals surface area contributed by atoms with Gasteiger partial charge in [-0.05, 0) is 53.4 Å². The van der Waals surface area contributed by atoms with Gasteiger partial charge in [0.05, 0.1) is 18.8 Å². The Bertz CT molecular complexity index is 1200. The third-order valence-corrected chi connectivity index (χ3v) is 9.27. The van der Waals surface area contributed by atoms with Gasteiger partial charge in [0.15, 0.2) is 6.29 Å². The second-order valence-electron chi connectivity index (χ2n) is 13.0. The van der Waals surface area contributed by atoms with E-state index in [-0.39, 0.29) is 24.7 Å². The highest BCUT2D eigenvalue weighted by molar-refractivity contribution is 6.76. The number of carbonyl (C=O) groups is 1. The lowest BCUT2D eigenvalue weighted by Crippen LogP contribution is -2.46. The normalized spacial score (nSPS) is 32.1. The molecule has 2 aliphatic heterocycles. The first-order valence-electron chi connectivity index (χ1n) is 14.0. The van der Waals surface area contributed by atoms with E-state index in [0.29, 0.717) is 22.6 Å². The van der Waals surface area contributed by atoms with Crippen LogP contribution in [0.25, 0.3) is 0 Å². The first-order valence-corrected chi connectivity index (χ1v) is 15.1. The van der Waals surface area contributed by atoms with Crippen molar-refractivity contribution in [2.24, 2.45) is 16.7 Å². The van der Waals surface area contributed by atoms with E-state index in [0.717, 1.165) is 29.8 Å². The Kier molecular flexibility index (Phi) is 8.55. The Hall–Kier alpha value is -1.38. The average molecular weight is 610 g/mol. The zero-order valence-corrected chi connectivity index (χ0v) is 25.8. The summed E-state index contributed by atoms with van der Waals surface area (Å²) in [7, 11) is 0. The van der Waals surface area contributed by atoms with Crippen molar-refractivity contribution in [2.45, 2.75) is 81.9 Å². The monoisotopic (exact) mass is 608 g/mol. The predicted molar refractivity (Wildman–Crippen MR) is 159 cm³/mol. The molecule has 1 saturated carbocycles. The van der Waals surface area contributed by atoms with Crippen molar-refractivity contribution in [1.82, 2.24) is 4.90 Å². The number of hydrogen-bond acceptors (Lipinski definition) is 5. The number of halogens is 3. The lowest BCUT2D eigenvalue weighted by atomic mass is 9.65. The van der Waals surface area contributed by atoms with Crippen LogP contribution in [0.1, 0.15) is 76.0 Å². The van der Waals surface area contributed by atoms with Crippen LogP contribution < -0.4 is 5.32 Å². The molecule has 2 saturated heterocycles. The highest BCUT2D eigenvalue weighted by Gasteiger charge is 2.51. The number of aliphatic hydroxyl groups excluding tert-OH is 1. The third-order valence-electron chi connectivity index (χ3n) is 8.76. The second kappa shape index (κ2) is 11.4. The van der Waals surface area contributed by atoms with Gasteiger partial charge in [0, 0.05) is 36.3 Å². The number of alkyl halides is 3. The van der Waals surface area contributed by atoms with E-state index in [1.54, 1.807) is 12.1 Å². The third kappa shape index (κ3) is 6.64. The second-order valence-corrected chi connectivity index (χ2v) is 15.3. The SMILES string of the molecule is CC1C(CN2CC3(C)CC2CC(C)(C)C3)OC(c2ccc(NC(=O)C(Cl)(Cl)Cl)cc2)OC1c1ccc(CO)cc1. The van der Waals surface area contributed by atoms with E-state index in [1.165, 1.54) is 19.3 Å². The van der Waals surface area contributed by atoms with Crippen LogP contribution in [-0.2, 0) is 20.9 Å². The Labute approximate surface area is 252 Å². The van der Waals surface area contributed by atoms with Crippen LogP contribution in [0.5, 0.6) is 0 Å².